The zero-order valence-electron chi connectivity index (χ0n) is 27.7. The smallest absolute Gasteiger partial charge is 0.303 e. The van der Waals surface area contributed by atoms with E-state index in [1.54, 1.807) is 0 Å². The molecular weight excluding hydrogens is 618 g/mol. The maximum absolute atomic E-state index is 12.0. The number of ether oxygens (including phenoxy) is 2. The van der Waals surface area contributed by atoms with Gasteiger partial charge in [-0.25, -0.2) is 0 Å². The Kier molecular flexibility index (Phi) is 11.8. The highest BCUT2D eigenvalue weighted by atomic mass is 16.7. The molecule has 9 nitrogen and oxygen atoms in total. The first-order valence-electron chi connectivity index (χ1n) is 17.1. The Morgan fingerprint density at radius 2 is 1.41 bits per heavy atom. The number of hydrogen-bond donors (Lipinski definition) is 3. The molecule has 2 aliphatic heterocycles. The number of nitrogens with one attached hydrogen (secondary N) is 1. The van der Waals surface area contributed by atoms with E-state index in [1.165, 1.54) is 5.56 Å². The van der Waals surface area contributed by atoms with Crippen molar-refractivity contribution < 1.29 is 29.3 Å². The fourth-order valence-electron chi connectivity index (χ4n) is 6.50. The first kappa shape index (κ1) is 34.5. The van der Waals surface area contributed by atoms with Gasteiger partial charge in [-0.15, -0.1) is 0 Å². The van der Waals surface area contributed by atoms with Crippen molar-refractivity contribution in [1.82, 2.24) is 15.1 Å². The van der Waals surface area contributed by atoms with Crippen molar-refractivity contribution in [2.45, 2.75) is 57.5 Å². The monoisotopic (exact) mass is 663 g/mol. The lowest BCUT2D eigenvalue weighted by molar-refractivity contribution is -0.253. The van der Waals surface area contributed by atoms with Gasteiger partial charge in [-0.3, -0.25) is 19.4 Å². The molecule has 3 atom stereocenters. The second-order valence-electron chi connectivity index (χ2n) is 12.9. The number of carboxylic acids is 1. The Labute approximate surface area is 288 Å². The van der Waals surface area contributed by atoms with Gasteiger partial charge in [0.2, 0.25) is 5.91 Å². The topological polar surface area (TPSA) is 112 Å². The molecule has 0 bridgehead atoms. The van der Waals surface area contributed by atoms with Gasteiger partial charge in [-0.05, 0) is 39.4 Å². The number of aliphatic hydroxyl groups excluding tert-OH is 1. The van der Waals surface area contributed by atoms with E-state index in [-0.39, 0.29) is 37.6 Å². The Morgan fingerprint density at radius 3 is 2.12 bits per heavy atom. The average Bonchev–Trinajstić information content (AvgIpc) is 3.14. The molecule has 256 valence electrons. The Bertz CT molecular complexity index is 1660. The number of amides is 1. The van der Waals surface area contributed by atoms with Gasteiger partial charge in [-0.2, -0.15) is 0 Å². The summed E-state index contributed by atoms with van der Waals surface area (Å²) in [5.41, 5.74) is 7.21. The molecule has 0 spiro atoms. The standard InChI is InChI=1S/C40H45N3O6/c44-28-30-9-11-33(12-10-30)37-24-36(27-43-21-19-42(20-22-43)26-29-5-2-1-3-6-29)48-40(49-37)34-15-13-32(14-16-34)35-8-4-7-31(23-35)25-41-38(45)17-18-39(46)47/h1-16,23,36-37,40,44H,17-22,24-28H2,(H,41,45)(H,46,47)/t36-,37+,40+/m1/s1. The maximum atomic E-state index is 12.0. The molecule has 6 rings (SSSR count). The van der Waals surface area contributed by atoms with E-state index in [1.807, 2.05) is 48.5 Å². The molecular formula is C40H45N3O6. The van der Waals surface area contributed by atoms with Crippen LogP contribution in [0.1, 0.15) is 59.5 Å². The van der Waals surface area contributed by atoms with Gasteiger partial charge in [0, 0.05) is 64.2 Å². The van der Waals surface area contributed by atoms with Gasteiger partial charge in [0.25, 0.3) is 0 Å². The molecule has 0 radical (unpaired) electrons. The van der Waals surface area contributed by atoms with Crippen LogP contribution in [0, 0.1) is 0 Å². The zero-order valence-corrected chi connectivity index (χ0v) is 27.7. The molecule has 9 heteroatoms. The number of carboxylic acid groups (broad SMARTS) is 1. The van der Waals surface area contributed by atoms with Crippen LogP contribution >= 0.6 is 0 Å². The summed E-state index contributed by atoms with van der Waals surface area (Å²) in [4.78, 5) is 27.8. The molecule has 0 saturated carbocycles. The Morgan fingerprint density at radius 1 is 0.714 bits per heavy atom. The van der Waals surface area contributed by atoms with Crippen molar-refractivity contribution in [3.05, 3.63) is 131 Å². The number of rotatable bonds is 13. The molecule has 4 aromatic carbocycles. The molecule has 0 aliphatic carbocycles. The molecule has 1 amide bonds. The minimum absolute atomic E-state index is 0.00704. The molecule has 49 heavy (non-hydrogen) atoms. The Balaban J connectivity index is 1.11. The second-order valence-corrected chi connectivity index (χ2v) is 12.9. The van der Waals surface area contributed by atoms with Gasteiger partial charge in [0.1, 0.15) is 0 Å². The summed E-state index contributed by atoms with van der Waals surface area (Å²) in [6, 6.07) is 34.8. The molecule has 0 unspecified atom stereocenters. The van der Waals surface area contributed by atoms with Crippen molar-refractivity contribution in [2.24, 2.45) is 0 Å². The van der Waals surface area contributed by atoms with Gasteiger partial charge in [-0.1, -0.05) is 97.1 Å². The third kappa shape index (κ3) is 9.84. The van der Waals surface area contributed by atoms with E-state index in [4.69, 9.17) is 14.6 Å². The number of hydrogen-bond acceptors (Lipinski definition) is 7. The second kappa shape index (κ2) is 16.8. The highest BCUT2D eigenvalue weighted by Crippen LogP contribution is 2.38. The summed E-state index contributed by atoms with van der Waals surface area (Å²) in [5.74, 6) is -1.27. The summed E-state index contributed by atoms with van der Waals surface area (Å²) < 4.78 is 13.3. The minimum Gasteiger partial charge on any atom is -0.481 e. The number of benzene rings is 4. The fourth-order valence-corrected chi connectivity index (χ4v) is 6.50. The van der Waals surface area contributed by atoms with Gasteiger partial charge in [0.05, 0.1) is 25.2 Å². The van der Waals surface area contributed by atoms with Crippen LogP contribution in [0.4, 0.5) is 0 Å². The van der Waals surface area contributed by atoms with Crippen LogP contribution in [-0.2, 0) is 38.8 Å². The summed E-state index contributed by atoms with van der Waals surface area (Å²) in [6.45, 7) is 6.18. The van der Waals surface area contributed by atoms with E-state index in [0.717, 1.165) is 79.1 Å². The van der Waals surface area contributed by atoms with Crippen LogP contribution in [0.5, 0.6) is 0 Å². The number of nitrogens with zero attached hydrogens (tertiary/aromatic N) is 2. The van der Waals surface area contributed by atoms with Crippen LogP contribution in [0.15, 0.2) is 103 Å². The summed E-state index contributed by atoms with van der Waals surface area (Å²) in [6.07, 6.45) is -0.153. The van der Waals surface area contributed by atoms with Crippen LogP contribution in [0.25, 0.3) is 11.1 Å². The highest BCUT2D eigenvalue weighted by molar-refractivity contribution is 5.80. The predicted molar refractivity (Wildman–Crippen MR) is 187 cm³/mol. The van der Waals surface area contributed by atoms with Crippen molar-refractivity contribution in [1.29, 1.82) is 0 Å². The third-order valence-corrected chi connectivity index (χ3v) is 9.29. The molecule has 3 N–H and O–H groups in total. The van der Waals surface area contributed by atoms with E-state index in [0.29, 0.717) is 6.54 Å². The van der Waals surface area contributed by atoms with Crippen molar-refractivity contribution in [3.8, 4) is 11.1 Å². The van der Waals surface area contributed by atoms with Gasteiger partial charge in [0.15, 0.2) is 6.29 Å². The molecule has 2 heterocycles. The molecule has 4 aromatic rings. The summed E-state index contributed by atoms with van der Waals surface area (Å²) in [5, 5.41) is 21.2. The quantitative estimate of drug-likeness (QED) is 0.167. The number of aliphatic carboxylic acids is 1. The van der Waals surface area contributed by atoms with Crippen molar-refractivity contribution >= 4 is 11.9 Å². The zero-order chi connectivity index (χ0) is 34.0. The van der Waals surface area contributed by atoms with E-state index in [2.05, 4.69) is 69.7 Å². The lowest BCUT2D eigenvalue weighted by Gasteiger charge is -2.40. The molecule has 2 fully saturated rings. The first-order chi connectivity index (χ1) is 23.9. The molecule has 2 aliphatic rings. The number of carbonyl (C=O) groups is 2. The van der Waals surface area contributed by atoms with Gasteiger partial charge < -0.3 is 25.0 Å². The van der Waals surface area contributed by atoms with Crippen LogP contribution in [-0.4, -0.2) is 70.7 Å². The highest BCUT2D eigenvalue weighted by Gasteiger charge is 2.33. The molecule has 0 aromatic heterocycles. The van der Waals surface area contributed by atoms with E-state index < -0.39 is 12.3 Å². The first-order valence-corrected chi connectivity index (χ1v) is 17.1. The lowest BCUT2D eigenvalue weighted by atomic mass is 9.98. The van der Waals surface area contributed by atoms with Crippen LogP contribution in [0.3, 0.4) is 0 Å². The van der Waals surface area contributed by atoms with E-state index in [9.17, 15) is 14.7 Å². The van der Waals surface area contributed by atoms with Crippen LogP contribution in [0.2, 0.25) is 0 Å². The van der Waals surface area contributed by atoms with E-state index >= 15 is 0 Å². The minimum atomic E-state index is -0.986. The van der Waals surface area contributed by atoms with Crippen molar-refractivity contribution in [3.63, 3.8) is 0 Å². The van der Waals surface area contributed by atoms with Crippen LogP contribution < -0.4 is 5.32 Å². The third-order valence-electron chi connectivity index (χ3n) is 9.29. The van der Waals surface area contributed by atoms with Crippen molar-refractivity contribution in [2.75, 3.05) is 32.7 Å². The molecule has 2 saturated heterocycles. The van der Waals surface area contributed by atoms with Gasteiger partial charge >= 0.3 is 5.97 Å². The normalized spacial score (nSPS) is 20.1. The lowest BCUT2D eigenvalue weighted by Crippen LogP contribution is -2.49. The SMILES string of the molecule is O=C(O)CCC(=O)NCc1cccc(-c2ccc([C@H]3O[C@@H](CN4CCN(Cc5ccccc5)CC4)C[C@@H](c4ccc(CO)cc4)O3)cc2)c1. The predicted octanol–water partition coefficient (Wildman–Crippen LogP) is 5.69. The number of piperazine rings is 1. The average molecular weight is 664 g/mol. The summed E-state index contributed by atoms with van der Waals surface area (Å²) >= 11 is 0. The Hall–Kier alpha value is -4.38. The number of carbonyl (C=O) groups excluding carboxylic acids is 1. The summed E-state index contributed by atoms with van der Waals surface area (Å²) in [7, 11) is 0. The maximum Gasteiger partial charge on any atom is 0.303 e. The number of aliphatic hydroxyl groups is 1. The fraction of sp³-hybridized carbons (Fsp3) is 0.350. The largest absolute Gasteiger partial charge is 0.481 e.